The third kappa shape index (κ3) is 10.7. The second-order valence-corrected chi connectivity index (χ2v) is 13.4. The summed E-state index contributed by atoms with van der Waals surface area (Å²) in [6.45, 7) is 13.5. The molecule has 3 aromatic rings. The van der Waals surface area contributed by atoms with Crippen molar-refractivity contribution in [3.8, 4) is 0 Å². The minimum absolute atomic E-state index is 0.0791. The topological polar surface area (TPSA) is 0 Å². The van der Waals surface area contributed by atoms with Crippen molar-refractivity contribution in [1.82, 2.24) is 0 Å². The second kappa shape index (κ2) is 10.2. The molecule has 0 atom stereocenters. The quantitative estimate of drug-likeness (QED) is 0.168. The molecule has 3 aromatic carbocycles. The Kier molecular flexibility index (Phi) is 8.51. The van der Waals surface area contributed by atoms with Crippen LogP contribution in [-0.4, -0.2) is 0 Å². The molecule has 0 heterocycles. The van der Waals surface area contributed by atoms with Crippen molar-refractivity contribution in [3.63, 3.8) is 0 Å². The van der Waals surface area contributed by atoms with Crippen LogP contribution in [0, 0.1) is 0 Å². The van der Waals surface area contributed by atoms with E-state index in [1.165, 1.54) is 31.4 Å². The summed E-state index contributed by atoms with van der Waals surface area (Å²) in [5.74, 6) is 1.68. The van der Waals surface area contributed by atoms with Gasteiger partial charge in [0.2, 0.25) is 0 Å². The average molecular weight is 535 g/mol. The zero-order chi connectivity index (χ0) is 26.7. The molecule has 35 heavy (non-hydrogen) atoms. The van der Waals surface area contributed by atoms with Gasteiger partial charge in [-0.15, -0.1) is 0 Å². The molecule has 0 radical (unpaired) electrons. The molecule has 0 aliphatic carbocycles. The molecule has 3 rings (SSSR count). The van der Waals surface area contributed by atoms with Gasteiger partial charge in [-0.2, -0.15) is 0 Å². The van der Waals surface area contributed by atoms with Crippen LogP contribution in [0.2, 0.25) is 0 Å². The van der Waals surface area contributed by atoms with Gasteiger partial charge < -0.3 is 0 Å². The Labute approximate surface area is 207 Å². The van der Waals surface area contributed by atoms with Gasteiger partial charge in [0.05, 0.1) is 10.9 Å². The van der Waals surface area contributed by atoms with Gasteiger partial charge in [-0.05, 0) is 70.8 Å². The van der Waals surface area contributed by atoms with E-state index >= 15 is 0 Å². The molecular formula is C27H33F6PS. The van der Waals surface area contributed by atoms with Crippen LogP contribution >= 0.6 is 7.81 Å². The van der Waals surface area contributed by atoms with E-state index in [-0.39, 0.29) is 10.9 Å². The summed E-state index contributed by atoms with van der Waals surface area (Å²) in [4.78, 5) is 4.16. The number of hydrogen-bond donors (Lipinski definition) is 0. The SMILES string of the molecule is CC(C)c1ccc([S+](c2ccc(C(C)C)cc2)c2ccc(C(C)C)cc2)cc1.F[P-](F)(F)(F)(F)F. The van der Waals surface area contributed by atoms with Crippen LogP contribution in [0.5, 0.6) is 0 Å². The van der Waals surface area contributed by atoms with Crippen molar-refractivity contribution in [3.05, 3.63) is 89.5 Å². The van der Waals surface area contributed by atoms with E-state index in [9.17, 15) is 25.2 Å². The summed E-state index contributed by atoms with van der Waals surface area (Å²) in [7, 11) is -10.7. The van der Waals surface area contributed by atoms with Gasteiger partial charge >= 0.3 is 33.0 Å². The van der Waals surface area contributed by atoms with Crippen LogP contribution in [0.15, 0.2) is 87.5 Å². The summed E-state index contributed by atoms with van der Waals surface area (Å²) in [6, 6.07) is 27.7. The molecule has 0 aliphatic rings. The molecule has 0 aromatic heterocycles. The van der Waals surface area contributed by atoms with Gasteiger partial charge in [0.15, 0.2) is 14.7 Å². The Morgan fingerprint density at radius 3 is 0.743 bits per heavy atom. The number of hydrogen-bond acceptors (Lipinski definition) is 0. The molecule has 0 saturated heterocycles. The molecule has 194 valence electrons. The molecule has 0 fully saturated rings. The first-order chi connectivity index (χ1) is 15.8. The zero-order valence-corrected chi connectivity index (χ0v) is 22.5. The van der Waals surface area contributed by atoms with Gasteiger partial charge in [0.1, 0.15) is 0 Å². The molecule has 0 bridgehead atoms. The van der Waals surface area contributed by atoms with E-state index < -0.39 is 7.81 Å². The van der Waals surface area contributed by atoms with Crippen molar-refractivity contribution in [2.75, 3.05) is 0 Å². The molecule has 0 aliphatic heterocycles. The summed E-state index contributed by atoms with van der Waals surface area (Å²) in [6.07, 6.45) is 0. The maximum atomic E-state index is 9.87. The molecule has 0 saturated carbocycles. The number of halogens is 6. The third-order valence-corrected chi connectivity index (χ3v) is 7.58. The fourth-order valence-corrected chi connectivity index (χ4v) is 5.42. The summed E-state index contributed by atoms with van der Waals surface area (Å²) in [5, 5.41) is 0. The Morgan fingerprint density at radius 2 is 0.600 bits per heavy atom. The van der Waals surface area contributed by atoms with Crippen LogP contribution in [-0.2, 0) is 10.9 Å². The second-order valence-electron chi connectivity index (χ2n) is 9.44. The standard InChI is InChI=1S/C27H33S.F6P/c1-19(2)22-7-13-25(14-8-22)28(26-15-9-23(10-16-26)20(3)4)27-17-11-24(12-18-27)21(5)6;1-7(2,3,4,5)6/h7-21H,1-6H3;/q+1;-1. The van der Waals surface area contributed by atoms with Crippen molar-refractivity contribution < 1.29 is 25.2 Å². The van der Waals surface area contributed by atoms with E-state index in [0.717, 1.165) is 0 Å². The Hall–Kier alpha value is -1.98. The fraction of sp³-hybridized carbons (Fsp3) is 0.333. The van der Waals surface area contributed by atoms with E-state index in [0.29, 0.717) is 17.8 Å². The van der Waals surface area contributed by atoms with Crippen molar-refractivity contribution in [1.29, 1.82) is 0 Å². The fourth-order valence-electron chi connectivity index (χ4n) is 3.37. The summed E-state index contributed by atoms with van der Waals surface area (Å²) >= 11 is 0. The first-order valence-corrected chi connectivity index (χ1v) is 14.7. The monoisotopic (exact) mass is 534 g/mol. The average Bonchev–Trinajstić information content (AvgIpc) is 2.73. The van der Waals surface area contributed by atoms with Crippen LogP contribution in [0.4, 0.5) is 25.2 Å². The number of benzene rings is 3. The van der Waals surface area contributed by atoms with E-state index in [1.807, 2.05) is 0 Å². The van der Waals surface area contributed by atoms with Gasteiger partial charge in [0, 0.05) is 0 Å². The Balaban J connectivity index is 0.000000540. The summed E-state index contributed by atoms with van der Waals surface area (Å²) < 4.78 is 59.2. The van der Waals surface area contributed by atoms with Gasteiger partial charge in [-0.25, -0.2) is 0 Å². The molecule has 0 N–H and O–H groups in total. The van der Waals surface area contributed by atoms with Crippen LogP contribution in [0.3, 0.4) is 0 Å². The summed E-state index contributed by atoms with van der Waals surface area (Å²) in [5.41, 5.74) is 4.20. The van der Waals surface area contributed by atoms with Gasteiger partial charge in [0.25, 0.3) is 0 Å². The van der Waals surface area contributed by atoms with Gasteiger partial charge in [-0.1, -0.05) is 77.9 Å². The van der Waals surface area contributed by atoms with Crippen molar-refractivity contribution >= 4 is 18.7 Å². The molecule has 0 unspecified atom stereocenters. The van der Waals surface area contributed by atoms with Crippen LogP contribution < -0.4 is 0 Å². The maximum absolute atomic E-state index is 10.7. The van der Waals surface area contributed by atoms with Crippen LogP contribution in [0.25, 0.3) is 0 Å². The molecular weight excluding hydrogens is 501 g/mol. The molecule has 0 spiro atoms. The normalized spacial score (nSPS) is 14.1. The predicted molar refractivity (Wildman–Crippen MR) is 137 cm³/mol. The van der Waals surface area contributed by atoms with E-state index in [2.05, 4.69) is 114 Å². The predicted octanol–water partition coefficient (Wildman–Crippen LogP) is 11.5. The molecule has 0 nitrogen and oxygen atoms in total. The third-order valence-electron chi connectivity index (χ3n) is 5.35. The Bertz CT molecular complexity index is 953. The first-order valence-electron chi connectivity index (χ1n) is 11.4. The minimum atomic E-state index is -10.7. The zero-order valence-electron chi connectivity index (χ0n) is 20.8. The number of rotatable bonds is 6. The van der Waals surface area contributed by atoms with E-state index in [4.69, 9.17) is 0 Å². The molecule has 8 heteroatoms. The van der Waals surface area contributed by atoms with E-state index in [1.54, 1.807) is 0 Å². The Morgan fingerprint density at radius 1 is 0.429 bits per heavy atom. The molecule has 0 amide bonds. The van der Waals surface area contributed by atoms with Crippen molar-refractivity contribution in [2.45, 2.75) is 74.0 Å². The van der Waals surface area contributed by atoms with Crippen molar-refractivity contribution in [2.24, 2.45) is 0 Å². The van der Waals surface area contributed by atoms with Crippen LogP contribution in [0.1, 0.15) is 76.0 Å². The van der Waals surface area contributed by atoms with Gasteiger partial charge in [-0.3, -0.25) is 0 Å². The first kappa shape index (κ1) is 29.3.